The summed E-state index contributed by atoms with van der Waals surface area (Å²) in [5.74, 6) is -0.839. The molecule has 0 aromatic heterocycles. The Morgan fingerprint density at radius 2 is 2.17 bits per heavy atom. The molecule has 0 unspecified atom stereocenters. The largest absolute Gasteiger partial charge is 0.396 e. The molecule has 0 aliphatic heterocycles. The summed E-state index contributed by atoms with van der Waals surface area (Å²) in [5.41, 5.74) is -0.825. The van der Waals surface area contributed by atoms with Crippen molar-refractivity contribution in [2.24, 2.45) is 0 Å². The normalized spacial score (nSPS) is 11.4. The average molecular weight is 277 g/mol. The maximum Gasteiger partial charge on any atom is 0.295 e. The standard InChI is InChI=1S/C11H14ClFN2O3/c1-11(2,3-4-16)14-9-5-7(12)8(13)6-10(9)15(17)18/h5-6,14,16H,3-4H2,1-2H3. The van der Waals surface area contributed by atoms with Crippen LogP contribution in [0.5, 0.6) is 0 Å². The fraction of sp³-hybridized carbons (Fsp3) is 0.455. The predicted octanol–water partition coefficient (Wildman–Crippen LogP) is 2.96. The lowest BCUT2D eigenvalue weighted by molar-refractivity contribution is -0.384. The summed E-state index contributed by atoms with van der Waals surface area (Å²) in [6.07, 6.45) is 0.388. The van der Waals surface area contributed by atoms with Crippen LogP contribution >= 0.6 is 11.6 Å². The number of halogens is 2. The number of nitrogens with one attached hydrogen (secondary N) is 1. The lowest BCUT2D eigenvalue weighted by atomic mass is 10.0. The summed E-state index contributed by atoms with van der Waals surface area (Å²) in [7, 11) is 0. The third kappa shape index (κ3) is 3.54. The van der Waals surface area contributed by atoms with E-state index in [1.165, 1.54) is 6.07 Å². The van der Waals surface area contributed by atoms with Gasteiger partial charge in [0.1, 0.15) is 11.5 Å². The molecule has 18 heavy (non-hydrogen) atoms. The number of benzene rings is 1. The second-order valence-electron chi connectivity index (χ2n) is 4.52. The van der Waals surface area contributed by atoms with E-state index in [0.29, 0.717) is 6.42 Å². The van der Waals surface area contributed by atoms with Gasteiger partial charge in [0.05, 0.1) is 16.0 Å². The van der Waals surface area contributed by atoms with E-state index in [9.17, 15) is 14.5 Å². The van der Waals surface area contributed by atoms with Crippen LogP contribution in [0.2, 0.25) is 5.02 Å². The molecular weight excluding hydrogens is 263 g/mol. The van der Waals surface area contributed by atoms with E-state index in [1.54, 1.807) is 13.8 Å². The maximum absolute atomic E-state index is 13.2. The minimum Gasteiger partial charge on any atom is -0.396 e. The molecule has 1 rings (SSSR count). The SMILES string of the molecule is CC(C)(CCO)Nc1cc(Cl)c(F)cc1[N+](=O)[O-]. The van der Waals surface area contributed by atoms with E-state index in [-0.39, 0.29) is 23.0 Å². The van der Waals surface area contributed by atoms with Crippen molar-refractivity contribution in [1.29, 1.82) is 0 Å². The molecule has 2 N–H and O–H groups in total. The molecule has 0 spiro atoms. The Morgan fingerprint density at radius 1 is 1.56 bits per heavy atom. The molecule has 0 heterocycles. The molecule has 100 valence electrons. The third-order valence-corrected chi connectivity index (χ3v) is 2.73. The number of hydrogen-bond donors (Lipinski definition) is 2. The minimum atomic E-state index is -0.839. The van der Waals surface area contributed by atoms with E-state index in [4.69, 9.17) is 16.7 Å². The van der Waals surface area contributed by atoms with Crippen molar-refractivity contribution in [3.63, 3.8) is 0 Å². The first kappa shape index (κ1) is 14.7. The van der Waals surface area contributed by atoms with Crippen LogP contribution in [0.15, 0.2) is 12.1 Å². The van der Waals surface area contributed by atoms with E-state index in [0.717, 1.165) is 6.07 Å². The minimum absolute atomic E-state index is 0.0667. The van der Waals surface area contributed by atoms with Crippen LogP contribution in [0.1, 0.15) is 20.3 Å². The summed E-state index contributed by atoms with van der Waals surface area (Å²) >= 11 is 5.61. The van der Waals surface area contributed by atoms with Gasteiger partial charge in [0.2, 0.25) is 0 Å². The van der Waals surface area contributed by atoms with Crippen LogP contribution in [0, 0.1) is 15.9 Å². The van der Waals surface area contributed by atoms with Crippen LogP contribution in [0.25, 0.3) is 0 Å². The monoisotopic (exact) mass is 276 g/mol. The predicted molar refractivity (Wildman–Crippen MR) is 67.5 cm³/mol. The topological polar surface area (TPSA) is 75.4 Å². The van der Waals surface area contributed by atoms with Crippen molar-refractivity contribution in [3.8, 4) is 0 Å². The Kier molecular flexibility index (Phi) is 4.48. The van der Waals surface area contributed by atoms with Crippen LogP contribution in [0.4, 0.5) is 15.8 Å². The molecule has 0 bridgehead atoms. The van der Waals surface area contributed by atoms with Gasteiger partial charge in [-0.05, 0) is 26.3 Å². The molecule has 5 nitrogen and oxygen atoms in total. The number of anilines is 1. The zero-order valence-corrected chi connectivity index (χ0v) is 10.8. The summed E-state index contributed by atoms with van der Waals surface area (Å²) in [4.78, 5) is 10.2. The highest BCUT2D eigenvalue weighted by molar-refractivity contribution is 6.31. The van der Waals surface area contributed by atoms with Crippen molar-refractivity contribution < 1.29 is 14.4 Å². The van der Waals surface area contributed by atoms with Gasteiger partial charge in [-0.3, -0.25) is 10.1 Å². The summed E-state index contributed by atoms with van der Waals surface area (Å²) < 4.78 is 13.2. The van der Waals surface area contributed by atoms with Gasteiger partial charge in [-0.25, -0.2) is 4.39 Å². The van der Waals surface area contributed by atoms with Gasteiger partial charge in [0, 0.05) is 12.1 Å². The number of nitro benzene ring substituents is 1. The smallest absolute Gasteiger partial charge is 0.295 e. The Labute approximate surface area is 109 Å². The Balaban J connectivity index is 3.15. The first-order valence-corrected chi connectivity index (χ1v) is 5.67. The Bertz CT molecular complexity index is 466. The van der Waals surface area contributed by atoms with Gasteiger partial charge in [-0.1, -0.05) is 11.6 Å². The molecule has 1 aromatic carbocycles. The van der Waals surface area contributed by atoms with Crippen molar-refractivity contribution >= 4 is 23.0 Å². The highest BCUT2D eigenvalue weighted by Crippen LogP contribution is 2.32. The van der Waals surface area contributed by atoms with E-state index < -0.39 is 16.3 Å². The van der Waals surface area contributed by atoms with Crippen molar-refractivity contribution in [2.75, 3.05) is 11.9 Å². The van der Waals surface area contributed by atoms with Gasteiger partial charge < -0.3 is 10.4 Å². The number of hydrogen-bond acceptors (Lipinski definition) is 4. The zero-order valence-electron chi connectivity index (χ0n) is 10.0. The molecule has 1 aromatic rings. The second-order valence-corrected chi connectivity index (χ2v) is 4.93. The quantitative estimate of drug-likeness (QED) is 0.640. The highest BCUT2D eigenvalue weighted by Gasteiger charge is 2.24. The summed E-state index contributed by atoms with van der Waals surface area (Å²) in [6.45, 7) is 3.47. The van der Waals surface area contributed by atoms with Crippen LogP contribution < -0.4 is 5.32 Å². The molecule has 0 amide bonds. The Morgan fingerprint density at radius 3 is 2.67 bits per heavy atom. The lowest BCUT2D eigenvalue weighted by Gasteiger charge is -2.26. The summed E-state index contributed by atoms with van der Waals surface area (Å²) in [6, 6.07) is 1.95. The number of aliphatic hydroxyl groups is 1. The van der Waals surface area contributed by atoms with E-state index in [1.807, 2.05) is 0 Å². The molecule has 7 heteroatoms. The molecule has 0 aliphatic rings. The second kappa shape index (κ2) is 5.49. The molecule has 0 saturated carbocycles. The van der Waals surface area contributed by atoms with Gasteiger partial charge in [0.25, 0.3) is 5.69 Å². The fourth-order valence-electron chi connectivity index (χ4n) is 1.49. The van der Waals surface area contributed by atoms with Gasteiger partial charge in [-0.15, -0.1) is 0 Å². The molecule has 0 atom stereocenters. The zero-order chi connectivity index (χ0) is 13.9. The molecule has 0 radical (unpaired) electrons. The first-order chi connectivity index (χ1) is 8.26. The van der Waals surface area contributed by atoms with Gasteiger partial charge in [0.15, 0.2) is 0 Å². The number of nitro groups is 1. The number of rotatable bonds is 5. The van der Waals surface area contributed by atoms with Crippen molar-refractivity contribution in [1.82, 2.24) is 0 Å². The maximum atomic E-state index is 13.2. The molecule has 0 saturated heterocycles. The van der Waals surface area contributed by atoms with Crippen molar-refractivity contribution in [2.45, 2.75) is 25.8 Å². The average Bonchev–Trinajstić information content (AvgIpc) is 2.22. The van der Waals surface area contributed by atoms with Crippen LogP contribution in [-0.4, -0.2) is 22.2 Å². The van der Waals surface area contributed by atoms with Gasteiger partial charge >= 0.3 is 0 Å². The Hall–Kier alpha value is -1.40. The van der Waals surface area contributed by atoms with Gasteiger partial charge in [-0.2, -0.15) is 0 Å². The third-order valence-electron chi connectivity index (χ3n) is 2.45. The molecule has 0 fully saturated rings. The highest BCUT2D eigenvalue weighted by atomic mass is 35.5. The van der Waals surface area contributed by atoms with Crippen molar-refractivity contribution in [3.05, 3.63) is 33.1 Å². The molecule has 0 aliphatic carbocycles. The fourth-order valence-corrected chi connectivity index (χ4v) is 1.66. The summed E-state index contributed by atoms with van der Waals surface area (Å²) in [5, 5.41) is 22.4. The van der Waals surface area contributed by atoms with Crippen LogP contribution in [0.3, 0.4) is 0 Å². The van der Waals surface area contributed by atoms with E-state index in [2.05, 4.69) is 5.32 Å². The van der Waals surface area contributed by atoms with E-state index >= 15 is 0 Å². The van der Waals surface area contributed by atoms with Crippen LogP contribution in [-0.2, 0) is 0 Å². The first-order valence-electron chi connectivity index (χ1n) is 5.29. The number of aliphatic hydroxyl groups excluding tert-OH is 1. The lowest BCUT2D eigenvalue weighted by Crippen LogP contribution is -2.32. The number of nitrogens with zero attached hydrogens (tertiary/aromatic N) is 1. The molecular formula is C11H14ClFN2O3.